The summed E-state index contributed by atoms with van der Waals surface area (Å²) in [6.45, 7) is 9.09. The number of rotatable bonds is 6. The summed E-state index contributed by atoms with van der Waals surface area (Å²) in [4.78, 5) is 37.0. The Labute approximate surface area is 175 Å². The van der Waals surface area contributed by atoms with E-state index in [1.165, 1.54) is 6.07 Å². The average molecular weight is 416 g/mol. The van der Waals surface area contributed by atoms with Crippen LogP contribution in [-0.4, -0.2) is 23.6 Å². The van der Waals surface area contributed by atoms with Gasteiger partial charge in [0.05, 0.1) is 11.5 Å². The second kappa shape index (κ2) is 8.50. The van der Waals surface area contributed by atoms with Gasteiger partial charge in [0, 0.05) is 17.9 Å². The van der Waals surface area contributed by atoms with Gasteiger partial charge in [-0.3, -0.25) is 9.59 Å². The van der Waals surface area contributed by atoms with E-state index in [4.69, 9.17) is 18.6 Å². The van der Waals surface area contributed by atoms with Crippen molar-refractivity contribution < 1.29 is 28.2 Å². The molecule has 3 atom stereocenters. The van der Waals surface area contributed by atoms with Gasteiger partial charge in [-0.1, -0.05) is 20.8 Å². The minimum absolute atomic E-state index is 0.232. The van der Waals surface area contributed by atoms with E-state index in [1.807, 2.05) is 13.8 Å². The topological polar surface area (TPSA) is 92.0 Å². The summed E-state index contributed by atoms with van der Waals surface area (Å²) < 4.78 is 23.2. The highest BCUT2D eigenvalue weighted by atomic mass is 16.6. The first-order chi connectivity index (χ1) is 14.2. The fourth-order valence-electron chi connectivity index (χ4n) is 3.49. The Bertz CT molecular complexity index is 1000. The molecule has 0 fully saturated rings. The Hall–Kier alpha value is -2.83. The van der Waals surface area contributed by atoms with Crippen LogP contribution in [0.1, 0.15) is 65.5 Å². The van der Waals surface area contributed by atoms with Crippen LogP contribution in [-0.2, 0) is 19.1 Å². The summed E-state index contributed by atoms with van der Waals surface area (Å²) in [5.74, 6) is -0.744. The molecule has 7 nitrogen and oxygen atoms in total. The summed E-state index contributed by atoms with van der Waals surface area (Å²) in [6, 6.07) is 6.46. The fourth-order valence-corrected chi connectivity index (χ4v) is 3.49. The van der Waals surface area contributed by atoms with Crippen molar-refractivity contribution >= 4 is 22.9 Å². The van der Waals surface area contributed by atoms with Crippen LogP contribution >= 0.6 is 0 Å². The zero-order chi connectivity index (χ0) is 22.1. The van der Waals surface area contributed by atoms with Crippen LogP contribution in [0.4, 0.5) is 0 Å². The molecule has 1 aliphatic rings. The van der Waals surface area contributed by atoms with Crippen molar-refractivity contribution in [3.05, 3.63) is 40.2 Å². The Morgan fingerprint density at radius 2 is 1.83 bits per heavy atom. The van der Waals surface area contributed by atoms with Gasteiger partial charge in [-0.05, 0) is 44.9 Å². The third-order valence-corrected chi connectivity index (χ3v) is 5.38. The number of benzene rings is 1. The van der Waals surface area contributed by atoms with E-state index in [-0.39, 0.29) is 17.9 Å². The number of hydrogen-bond acceptors (Lipinski definition) is 7. The largest absolute Gasteiger partial charge is 0.483 e. The standard InChI is InChI=1S/C23H28O7/c1-6-8-16(24)28-21-20(29-22(26)13(3)7-2)18-15(30-23(21,4)5)11-9-14-10-12-17(25)27-19(14)18/h9-13,20-21H,6-8H2,1-5H3/t13?,20-,21-/m0/s1. The van der Waals surface area contributed by atoms with E-state index in [2.05, 4.69) is 0 Å². The van der Waals surface area contributed by atoms with Crippen LogP contribution < -0.4 is 10.4 Å². The Morgan fingerprint density at radius 1 is 1.13 bits per heavy atom. The molecule has 2 aromatic rings. The Morgan fingerprint density at radius 3 is 2.50 bits per heavy atom. The molecule has 7 heteroatoms. The third-order valence-electron chi connectivity index (χ3n) is 5.38. The van der Waals surface area contributed by atoms with Gasteiger partial charge in [-0.25, -0.2) is 4.79 Å². The lowest BCUT2D eigenvalue weighted by molar-refractivity contribution is -0.192. The zero-order valence-electron chi connectivity index (χ0n) is 18.0. The van der Waals surface area contributed by atoms with E-state index in [9.17, 15) is 14.4 Å². The van der Waals surface area contributed by atoms with Gasteiger partial charge in [0.15, 0.2) is 12.2 Å². The molecule has 0 N–H and O–H groups in total. The molecule has 3 rings (SSSR count). The van der Waals surface area contributed by atoms with Crippen LogP contribution in [0.3, 0.4) is 0 Å². The van der Waals surface area contributed by atoms with Crippen molar-refractivity contribution in [1.82, 2.24) is 0 Å². The lowest BCUT2D eigenvalue weighted by atomic mass is 9.87. The van der Waals surface area contributed by atoms with E-state index < -0.39 is 35.4 Å². The van der Waals surface area contributed by atoms with Crippen molar-refractivity contribution in [2.75, 3.05) is 0 Å². The van der Waals surface area contributed by atoms with Gasteiger partial charge in [0.25, 0.3) is 0 Å². The van der Waals surface area contributed by atoms with Crippen molar-refractivity contribution in [3.8, 4) is 5.75 Å². The quantitative estimate of drug-likeness (QED) is 0.512. The van der Waals surface area contributed by atoms with Gasteiger partial charge < -0.3 is 18.6 Å². The molecule has 162 valence electrons. The maximum atomic E-state index is 12.7. The van der Waals surface area contributed by atoms with Crippen LogP contribution in [0.25, 0.3) is 11.0 Å². The summed E-state index contributed by atoms with van der Waals surface area (Å²) in [5.41, 5.74) is -0.851. The predicted octanol–water partition coefficient (Wildman–Crippen LogP) is 4.31. The first-order valence-corrected chi connectivity index (χ1v) is 10.3. The molecule has 0 saturated carbocycles. The van der Waals surface area contributed by atoms with E-state index in [0.717, 1.165) is 0 Å². The number of fused-ring (bicyclic) bond motifs is 3. The molecule has 1 unspecified atom stereocenters. The molecule has 30 heavy (non-hydrogen) atoms. The monoisotopic (exact) mass is 416 g/mol. The number of ether oxygens (including phenoxy) is 3. The van der Waals surface area contributed by atoms with Gasteiger partial charge in [0.1, 0.15) is 16.9 Å². The molecular formula is C23H28O7. The maximum absolute atomic E-state index is 12.7. The highest BCUT2D eigenvalue weighted by molar-refractivity contribution is 5.84. The first-order valence-electron chi connectivity index (χ1n) is 10.3. The summed E-state index contributed by atoms with van der Waals surface area (Å²) >= 11 is 0. The van der Waals surface area contributed by atoms with Crippen molar-refractivity contribution in [2.24, 2.45) is 5.92 Å². The fraction of sp³-hybridized carbons (Fsp3) is 0.522. The molecule has 1 aromatic carbocycles. The first kappa shape index (κ1) is 21.9. The predicted molar refractivity (Wildman–Crippen MR) is 110 cm³/mol. The van der Waals surface area contributed by atoms with Crippen LogP contribution in [0.5, 0.6) is 5.75 Å². The molecule has 0 bridgehead atoms. The molecule has 0 saturated heterocycles. The molecule has 1 aromatic heterocycles. The van der Waals surface area contributed by atoms with Gasteiger partial charge in [-0.2, -0.15) is 0 Å². The SMILES string of the molecule is CCCC(=O)O[C@H]1[C@@H](OC(=O)C(C)CC)c2c(ccc3ccc(=O)oc23)OC1(C)C. The normalized spacial score (nSPS) is 20.7. The molecule has 0 radical (unpaired) electrons. The summed E-state index contributed by atoms with van der Waals surface area (Å²) in [7, 11) is 0. The van der Waals surface area contributed by atoms with E-state index in [1.54, 1.807) is 39.0 Å². The molecule has 2 heterocycles. The highest BCUT2D eigenvalue weighted by Crippen LogP contribution is 2.46. The van der Waals surface area contributed by atoms with Crippen LogP contribution in [0, 0.1) is 5.92 Å². The van der Waals surface area contributed by atoms with E-state index >= 15 is 0 Å². The van der Waals surface area contributed by atoms with Crippen molar-refractivity contribution in [2.45, 2.75) is 71.7 Å². The number of carbonyl (C=O) groups excluding carboxylic acids is 2. The molecule has 0 aliphatic carbocycles. The lowest BCUT2D eigenvalue weighted by Crippen LogP contribution is -2.52. The maximum Gasteiger partial charge on any atom is 0.336 e. The highest BCUT2D eigenvalue weighted by Gasteiger charge is 2.50. The summed E-state index contributed by atoms with van der Waals surface area (Å²) in [5, 5.41) is 0.653. The minimum Gasteiger partial charge on any atom is -0.483 e. The smallest absolute Gasteiger partial charge is 0.336 e. The number of esters is 2. The van der Waals surface area contributed by atoms with Crippen LogP contribution in [0.2, 0.25) is 0 Å². The Balaban J connectivity index is 2.18. The van der Waals surface area contributed by atoms with Gasteiger partial charge >= 0.3 is 17.6 Å². The third kappa shape index (κ3) is 4.20. The van der Waals surface area contributed by atoms with Crippen molar-refractivity contribution in [1.29, 1.82) is 0 Å². The lowest BCUT2D eigenvalue weighted by Gasteiger charge is -2.43. The minimum atomic E-state index is -0.973. The van der Waals surface area contributed by atoms with E-state index in [0.29, 0.717) is 29.5 Å². The van der Waals surface area contributed by atoms with Crippen molar-refractivity contribution in [3.63, 3.8) is 0 Å². The molecule has 0 spiro atoms. The van der Waals surface area contributed by atoms with Gasteiger partial charge in [-0.15, -0.1) is 0 Å². The average Bonchev–Trinajstić information content (AvgIpc) is 2.69. The molecular weight excluding hydrogens is 388 g/mol. The van der Waals surface area contributed by atoms with Crippen LogP contribution in [0.15, 0.2) is 33.5 Å². The van der Waals surface area contributed by atoms with Gasteiger partial charge in [0.2, 0.25) is 0 Å². The zero-order valence-corrected chi connectivity index (χ0v) is 18.0. The Kier molecular flexibility index (Phi) is 6.19. The number of carbonyl (C=O) groups is 2. The second-order valence-electron chi connectivity index (χ2n) is 8.18. The summed E-state index contributed by atoms with van der Waals surface area (Å²) in [6.07, 6.45) is -0.425. The molecule has 1 aliphatic heterocycles. The second-order valence-corrected chi connectivity index (χ2v) is 8.18. The number of hydrogen-bond donors (Lipinski definition) is 0. The molecule has 0 amide bonds.